The van der Waals surface area contributed by atoms with Gasteiger partial charge in [0.25, 0.3) is 0 Å². The molecule has 31 heteroatoms. The summed E-state index contributed by atoms with van der Waals surface area (Å²) in [5.74, 6) is 2.09. The Morgan fingerprint density at radius 2 is 1.00 bits per heavy atom. The largest absolute Gasteiger partial charge is 0.388 e. The number of ether oxygens (including phenoxy) is 4. The summed E-state index contributed by atoms with van der Waals surface area (Å²) in [6.45, 7) is 5.26. The molecule has 77 heavy (non-hydrogen) atoms. The average molecular weight is 1100 g/mol. The highest BCUT2D eigenvalue weighted by Gasteiger charge is 2.43. The van der Waals surface area contributed by atoms with Gasteiger partial charge in [0.05, 0.1) is 64.0 Å². The standard InChI is InChI=1S/C46H78N14O17/c1-26-37(66)39(68)41(70)45(76-26)74-20-18-59-24-29(55-57-59)22-50-33(62)14-12-31(52-28(3)61)43(72)48-16-8-4-6-10-35(64)53-32(44(73)49-17-9-5-7-11-36(65)54-47)13-15-34(63)51-23-30-25-60(58-56-30)19-21-75-46-42(71)40(69)38(67)27(2)77-46/h24-27,31-32,37-42,45-46,66-71H,4-23,47H2,1-3H3,(H,48,72)(H,49,73)(H,50,62)(H,51,63)(H,52,61)(H,53,64)(H,54,65)/t26-,27-,31?,32?,37+,38+,39+,40+,41-,42-,45+,46+/m0/s1. The number of hydrogen-bond donors (Lipinski definition) is 14. The predicted octanol–water partition coefficient (Wildman–Crippen LogP) is -5.62. The van der Waals surface area contributed by atoms with E-state index in [1.165, 1.54) is 30.1 Å². The first-order valence-electron chi connectivity index (χ1n) is 25.8. The number of nitrogens with zero attached hydrogens (tertiary/aromatic N) is 6. The molecule has 0 saturated carbocycles. The molecule has 2 aromatic heterocycles. The van der Waals surface area contributed by atoms with Gasteiger partial charge in [-0.1, -0.05) is 23.3 Å². The molecule has 2 unspecified atom stereocenters. The summed E-state index contributed by atoms with van der Waals surface area (Å²) < 4.78 is 24.7. The molecule has 12 atom stereocenters. The van der Waals surface area contributed by atoms with Crippen molar-refractivity contribution in [1.29, 1.82) is 0 Å². The molecular formula is C46H78N14O17. The molecule has 0 radical (unpaired) electrons. The van der Waals surface area contributed by atoms with Gasteiger partial charge < -0.3 is 81.5 Å². The zero-order chi connectivity index (χ0) is 56.4. The van der Waals surface area contributed by atoms with Crippen LogP contribution in [0.15, 0.2) is 12.4 Å². The van der Waals surface area contributed by atoms with Crippen molar-refractivity contribution in [2.75, 3.05) is 26.3 Å². The Kier molecular flexibility index (Phi) is 27.6. The Bertz CT molecular complexity index is 2170. The summed E-state index contributed by atoms with van der Waals surface area (Å²) in [4.78, 5) is 88.3. The second-order valence-electron chi connectivity index (χ2n) is 18.8. The molecule has 4 heterocycles. The van der Waals surface area contributed by atoms with Crippen LogP contribution < -0.4 is 43.2 Å². The molecule has 2 saturated heterocycles. The monoisotopic (exact) mass is 1100 g/mol. The van der Waals surface area contributed by atoms with E-state index in [0.717, 1.165) is 0 Å². The predicted molar refractivity (Wildman–Crippen MR) is 264 cm³/mol. The van der Waals surface area contributed by atoms with E-state index in [-0.39, 0.29) is 96.9 Å². The minimum Gasteiger partial charge on any atom is -0.388 e. The highest BCUT2D eigenvalue weighted by atomic mass is 16.7. The fourth-order valence-corrected chi connectivity index (χ4v) is 7.96. The Hall–Kier alpha value is -5.87. The number of hydrazine groups is 1. The number of amides is 7. The zero-order valence-corrected chi connectivity index (χ0v) is 43.7. The first-order valence-corrected chi connectivity index (χ1v) is 25.8. The number of unbranched alkanes of at least 4 members (excludes halogenated alkanes) is 4. The molecule has 0 spiro atoms. The molecule has 2 fully saturated rings. The van der Waals surface area contributed by atoms with E-state index >= 15 is 0 Å². The Morgan fingerprint density at radius 3 is 1.43 bits per heavy atom. The topological polar surface area (TPSA) is 449 Å². The number of nitrogens with one attached hydrogen (secondary N) is 7. The lowest BCUT2D eigenvalue weighted by Crippen LogP contribution is -2.57. The van der Waals surface area contributed by atoms with E-state index in [1.807, 2.05) is 0 Å². The molecule has 0 aliphatic carbocycles. The lowest BCUT2D eigenvalue weighted by atomic mass is 10.0. The van der Waals surface area contributed by atoms with Crippen LogP contribution in [0, 0.1) is 0 Å². The smallest absolute Gasteiger partial charge is 0.242 e. The maximum absolute atomic E-state index is 13.3. The third-order valence-corrected chi connectivity index (χ3v) is 12.5. The van der Waals surface area contributed by atoms with Gasteiger partial charge in [0.15, 0.2) is 12.6 Å². The minimum atomic E-state index is -1.45. The molecule has 4 rings (SSSR count). The molecule has 7 amide bonds. The fraction of sp³-hybridized carbons (Fsp3) is 0.761. The average Bonchev–Trinajstić information content (AvgIpc) is 4.08. The van der Waals surface area contributed by atoms with Gasteiger partial charge in [0.1, 0.15) is 60.1 Å². The van der Waals surface area contributed by atoms with E-state index in [0.29, 0.717) is 49.9 Å². The van der Waals surface area contributed by atoms with Crippen LogP contribution in [0.1, 0.15) is 109 Å². The van der Waals surface area contributed by atoms with Crippen molar-refractivity contribution in [2.45, 2.75) is 197 Å². The van der Waals surface area contributed by atoms with Crippen LogP contribution in [-0.4, -0.2) is 202 Å². The third kappa shape index (κ3) is 22.6. The maximum Gasteiger partial charge on any atom is 0.242 e. The van der Waals surface area contributed by atoms with Gasteiger partial charge in [-0.2, -0.15) is 0 Å². The molecule has 0 aromatic carbocycles. The van der Waals surface area contributed by atoms with Crippen molar-refractivity contribution < 1.29 is 83.1 Å². The molecular weight excluding hydrogens is 1020 g/mol. The van der Waals surface area contributed by atoms with Gasteiger partial charge in [-0.25, -0.2) is 15.2 Å². The number of nitrogens with two attached hydrogens (primary N) is 1. The summed E-state index contributed by atoms with van der Waals surface area (Å²) in [6, 6.07) is -2.05. The molecule has 2 aliphatic rings. The van der Waals surface area contributed by atoms with Crippen LogP contribution in [0.4, 0.5) is 0 Å². The molecule has 2 aliphatic heterocycles. The Balaban J connectivity index is 1.14. The SMILES string of the molecule is CC(=O)NC(CCC(=O)NCc1cn(CCO[C@@H]2O[C@@H](C)[C@@H](O)[C@@H](O)[C@@H]2O)nn1)C(=O)NCCCCCC(=O)NC(CCC(=O)NCc1cn(CCO[C@@H]2O[C@@H](C)[C@@H](O)[C@@H](O)[C@@H]2O)nn1)C(=O)NCCCCCC(=O)NN. The summed E-state index contributed by atoms with van der Waals surface area (Å²) in [5, 5.41) is 92.1. The third-order valence-electron chi connectivity index (χ3n) is 12.5. The highest BCUT2D eigenvalue weighted by molar-refractivity contribution is 5.89. The zero-order valence-electron chi connectivity index (χ0n) is 43.7. The number of hydrogen-bond acceptors (Lipinski definition) is 22. The van der Waals surface area contributed by atoms with Crippen molar-refractivity contribution in [2.24, 2.45) is 5.84 Å². The van der Waals surface area contributed by atoms with Gasteiger partial charge >= 0.3 is 0 Å². The molecule has 15 N–H and O–H groups in total. The van der Waals surface area contributed by atoms with Gasteiger partial charge in [0.2, 0.25) is 41.4 Å². The van der Waals surface area contributed by atoms with Gasteiger partial charge in [-0.05, 0) is 52.4 Å². The van der Waals surface area contributed by atoms with E-state index in [2.05, 4.69) is 58.0 Å². The van der Waals surface area contributed by atoms with Crippen LogP contribution in [-0.2, 0) is 78.7 Å². The lowest BCUT2D eigenvalue weighted by molar-refractivity contribution is -0.293. The van der Waals surface area contributed by atoms with E-state index in [9.17, 15) is 64.2 Å². The van der Waals surface area contributed by atoms with Crippen LogP contribution in [0.2, 0.25) is 0 Å². The highest BCUT2D eigenvalue weighted by Crippen LogP contribution is 2.23. The molecule has 31 nitrogen and oxygen atoms in total. The quantitative estimate of drug-likeness (QED) is 0.0134. The van der Waals surface area contributed by atoms with Crippen LogP contribution in [0.25, 0.3) is 0 Å². The van der Waals surface area contributed by atoms with Crippen LogP contribution in [0.3, 0.4) is 0 Å². The van der Waals surface area contributed by atoms with Gasteiger partial charge in [-0.15, -0.1) is 10.2 Å². The van der Waals surface area contributed by atoms with Crippen molar-refractivity contribution in [3.63, 3.8) is 0 Å². The maximum atomic E-state index is 13.3. The van der Waals surface area contributed by atoms with Gasteiger partial charge in [-0.3, -0.25) is 39.0 Å². The van der Waals surface area contributed by atoms with E-state index in [1.54, 1.807) is 12.4 Å². The van der Waals surface area contributed by atoms with E-state index < -0.39 is 109 Å². The van der Waals surface area contributed by atoms with Crippen molar-refractivity contribution in [3.8, 4) is 0 Å². The number of rotatable bonds is 34. The Morgan fingerprint density at radius 1 is 0.571 bits per heavy atom. The lowest BCUT2D eigenvalue weighted by Gasteiger charge is -2.38. The number of aromatic nitrogens is 6. The molecule has 434 valence electrons. The second kappa shape index (κ2) is 33.4. The summed E-state index contributed by atoms with van der Waals surface area (Å²) in [5.41, 5.74) is 2.89. The number of aliphatic hydroxyl groups is 6. The summed E-state index contributed by atoms with van der Waals surface area (Å²) >= 11 is 0. The minimum absolute atomic E-state index is 0.00347. The normalized spacial score (nSPS) is 24.0. The van der Waals surface area contributed by atoms with Gasteiger partial charge in [0, 0.05) is 45.7 Å². The van der Waals surface area contributed by atoms with Crippen molar-refractivity contribution >= 4 is 41.4 Å². The van der Waals surface area contributed by atoms with Crippen LogP contribution >= 0.6 is 0 Å². The summed E-state index contributed by atoms with van der Waals surface area (Å²) in [6.07, 6.45) is -5.86. The number of aliphatic hydroxyl groups excluding tert-OH is 6. The molecule has 2 aromatic rings. The number of carbonyl (C=O) groups excluding carboxylic acids is 7. The Labute approximate surface area is 444 Å². The molecule has 0 bridgehead atoms. The number of carbonyl (C=O) groups is 7. The van der Waals surface area contributed by atoms with E-state index in [4.69, 9.17) is 24.8 Å². The second-order valence-corrected chi connectivity index (χ2v) is 18.8. The first-order chi connectivity index (χ1) is 36.8. The summed E-state index contributed by atoms with van der Waals surface area (Å²) in [7, 11) is 0. The fourth-order valence-electron chi connectivity index (χ4n) is 7.96. The van der Waals surface area contributed by atoms with Crippen molar-refractivity contribution in [1.82, 2.24) is 67.3 Å². The first kappa shape index (κ1) is 63.7. The van der Waals surface area contributed by atoms with Crippen LogP contribution in [0.5, 0.6) is 0 Å². The van der Waals surface area contributed by atoms with Crippen molar-refractivity contribution in [3.05, 3.63) is 23.8 Å².